The minimum atomic E-state index is -3.61. The highest BCUT2D eigenvalue weighted by molar-refractivity contribution is 7.93. The second-order valence-corrected chi connectivity index (χ2v) is 13.4. The van der Waals surface area contributed by atoms with E-state index in [-0.39, 0.29) is 31.3 Å². The number of carboxylic acids is 2. The number of hydrogen-bond donors (Lipinski definition) is 4. The SMILES string of the molecule is CCC(C)[C@@H](CC(=O)[C@H](CCC(=O)O)NC(=O)OCC1c2ccccc2-c2ccccc21)C(=O)N[C@H](/C=C/S(C)(=O)=O)CC(=O)O. The van der Waals surface area contributed by atoms with Crippen LogP contribution in [-0.2, 0) is 33.8 Å². The number of sulfone groups is 1. The molecule has 1 aliphatic rings. The first-order valence-electron chi connectivity index (χ1n) is 15.0. The minimum Gasteiger partial charge on any atom is -0.481 e. The third-order valence-corrected chi connectivity index (χ3v) is 8.69. The largest absolute Gasteiger partial charge is 0.481 e. The number of fused-ring (bicyclic) bond motifs is 3. The normalized spacial score (nSPS) is 15.2. The molecule has 1 unspecified atom stereocenters. The number of ether oxygens (including phenoxy) is 1. The van der Waals surface area contributed by atoms with Crippen LogP contribution in [0.2, 0.25) is 0 Å². The molecule has 0 radical (unpaired) electrons. The predicted octanol–water partition coefficient (Wildman–Crippen LogP) is 3.90. The summed E-state index contributed by atoms with van der Waals surface area (Å²) in [5.41, 5.74) is 4.05. The van der Waals surface area contributed by atoms with Gasteiger partial charge in [0.15, 0.2) is 15.6 Å². The topological polar surface area (TPSA) is 193 Å². The summed E-state index contributed by atoms with van der Waals surface area (Å²) in [7, 11) is -3.61. The Hall–Kier alpha value is -4.52. The van der Waals surface area contributed by atoms with Crippen molar-refractivity contribution >= 4 is 39.6 Å². The number of aliphatic carboxylic acids is 2. The summed E-state index contributed by atoms with van der Waals surface area (Å²) in [6, 6.07) is 13.1. The number of ketones is 1. The van der Waals surface area contributed by atoms with Gasteiger partial charge in [0.1, 0.15) is 6.61 Å². The van der Waals surface area contributed by atoms with Crippen molar-refractivity contribution in [2.45, 2.75) is 64.0 Å². The van der Waals surface area contributed by atoms with Gasteiger partial charge in [-0.3, -0.25) is 19.2 Å². The minimum absolute atomic E-state index is 0.0242. The zero-order valence-corrected chi connectivity index (χ0v) is 26.8. The van der Waals surface area contributed by atoms with E-state index in [0.29, 0.717) is 6.42 Å². The maximum absolute atomic E-state index is 13.5. The molecule has 2 amide bonds. The van der Waals surface area contributed by atoms with Gasteiger partial charge in [0.25, 0.3) is 0 Å². The highest BCUT2D eigenvalue weighted by atomic mass is 32.2. The third kappa shape index (κ3) is 10.3. The zero-order chi connectivity index (χ0) is 34.0. The Kier molecular flexibility index (Phi) is 12.6. The lowest BCUT2D eigenvalue weighted by Crippen LogP contribution is -2.46. The number of nitrogens with one attached hydrogen (secondary N) is 2. The van der Waals surface area contributed by atoms with Gasteiger partial charge in [0, 0.05) is 36.3 Å². The lowest BCUT2D eigenvalue weighted by molar-refractivity contribution is -0.139. The Bertz CT molecular complexity index is 1540. The van der Waals surface area contributed by atoms with E-state index in [1.165, 1.54) is 0 Å². The molecule has 0 aliphatic heterocycles. The van der Waals surface area contributed by atoms with Crippen LogP contribution < -0.4 is 10.6 Å². The summed E-state index contributed by atoms with van der Waals surface area (Å²) in [5.74, 6) is -5.32. The standard InChI is InChI=1S/C33H40N2O10S/c1-4-20(2)26(32(41)34-21(17-31(39)40)15-16-46(3,43)44)18-29(36)28(13-14-30(37)38)35-33(42)45-19-27-24-11-7-5-9-22(24)23-10-6-8-12-25(23)27/h5-12,15-16,20-21,26-28H,4,13-14,17-19H2,1-3H3,(H,34,41)(H,35,42)(H,37,38)(H,39,40)/b16-15+/t20?,21-,26-,28+/m1/s1. The molecule has 2 aromatic rings. The molecule has 3 rings (SSSR count). The van der Waals surface area contributed by atoms with Gasteiger partial charge in [-0.25, -0.2) is 13.2 Å². The summed E-state index contributed by atoms with van der Waals surface area (Å²) in [4.78, 5) is 62.5. The van der Waals surface area contributed by atoms with Gasteiger partial charge in [0.2, 0.25) is 5.91 Å². The van der Waals surface area contributed by atoms with E-state index >= 15 is 0 Å². The fourth-order valence-electron chi connectivity index (χ4n) is 5.44. The van der Waals surface area contributed by atoms with E-state index in [2.05, 4.69) is 10.6 Å². The Morgan fingerprint density at radius 1 is 0.913 bits per heavy atom. The summed E-state index contributed by atoms with van der Waals surface area (Å²) < 4.78 is 28.7. The predicted molar refractivity (Wildman–Crippen MR) is 170 cm³/mol. The second kappa shape index (κ2) is 16.2. The molecule has 0 heterocycles. The molecule has 0 aromatic heterocycles. The fraction of sp³-hybridized carbons (Fsp3) is 0.424. The average Bonchev–Trinajstić information content (AvgIpc) is 3.31. The number of benzene rings is 2. The summed E-state index contributed by atoms with van der Waals surface area (Å²) in [5, 5.41) is 24.3. The van der Waals surface area contributed by atoms with Crippen molar-refractivity contribution in [2.75, 3.05) is 12.9 Å². The van der Waals surface area contributed by atoms with Crippen LogP contribution in [0.1, 0.15) is 63.0 Å². The first-order valence-corrected chi connectivity index (χ1v) is 16.9. The highest BCUT2D eigenvalue weighted by Crippen LogP contribution is 2.44. The van der Waals surface area contributed by atoms with Crippen LogP contribution in [-0.4, -0.2) is 73.3 Å². The smallest absolute Gasteiger partial charge is 0.407 e. The van der Waals surface area contributed by atoms with Crippen LogP contribution in [0.15, 0.2) is 60.0 Å². The van der Waals surface area contributed by atoms with Gasteiger partial charge in [0.05, 0.1) is 18.5 Å². The number of alkyl carbamates (subject to hydrolysis) is 1. The molecular formula is C33H40N2O10S. The molecule has 0 saturated heterocycles. The number of rotatable bonds is 17. The van der Waals surface area contributed by atoms with Crippen LogP contribution in [0.3, 0.4) is 0 Å². The number of carboxylic acid groups (broad SMARTS) is 2. The van der Waals surface area contributed by atoms with Crippen LogP contribution in [0, 0.1) is 11.8 Å². The van der Waals surface area contributed by atoms with Gasteiger partial charge < -0.3 is 25.6 Å². The van der Waals surface area contributed by atoms with Gasteiger partial charge in [-0.2, -0.15) is 0 Å². The molecule has 13 heteroatoms. The van der Waals surface area contributed by atoms with Crippen molar-refractivity contribution < 1.29 is 47.3 Å². The maximum Gasteiger partial charge on any atom is 0.407 e. The number of amides is 2. The molecule has 4 N–H and O–H groups in total. The van der Waals surface area contributed by atoms with Gasteiger partial charge in [-0.1, -0.05) is 74.9 Å². The van der Waals surface area contributed by atoms with Crippen molar-refractivity contribution in [2.24, 2.45) is 11.8 Å². The van der Waals surface area contributed by atoms with Crippen molar-refractivity contribution in [1.82, 2.24) is 10.6 Å². The number of carbonyl (C=O) groups excluding carboxylic acids is 3. The Labute approximate surface area is 268 Å². The average molecular weight is 657 g/mol. The summed E-state index contributed by atoms with van der Waals surface area (Å²) in [6.45, 7) is 3.50. The molecule has 2 aromatic carbocycles. The van der Waals surface area contributed by atoms with Crippen molar-refractivity contribution in [3.05, 3.63) is 71.1 Å². The van der Waals surface area contributed by atoms with E-state index in [0.717, 1.165) is 40.0 Å². The molecule has 0 fully saturated rings. The van der Waals surface area contributed by atoms with E-state index in [1.54, 1.807) is 13.8 Å². The van der Waals surface area contributed by atoms with E-state index in [4.69, 9.17) is 4.74 Å². The van der Waals surface area contributed by atoms with Crippen molar-refractivity contribution in [3.8, 4) is 11.1 Å². The zero-order valence-electron chi connectivity index (χ0n) is 26.0. The quantitative estimate of drug-likeness (QED) is 0.194. The molecule has 12 nitrogen and oxygen atoms in total. The maximum atomic E-state index is 13.5. The summed E-state index contributed by atoms with van der Waals surface area (Å²) in [6.07, 6.45) is -0.122. The Morgan fingerprint density at radius 2 is 1.50 bits per heavy atom. The second-order valence-electron chi connectivity index (χ2n) is 11.5. The number of carbonyl (C=O) groups is 5. The fourth-order valence-corrected chi connectivity index (χ4v) is 5.92. The number of hydrogen-bond acceptors (Lipinski definition) is 8. The Morgan fingerprint density at radius 3 is 2.02 bits per heavy atom. The molecule has 248 valence electrons. The lowest BCUT2D eigenvalue weighted by Gasteiger charge is -2.26. The molecule has 4 atom stereocenters. The van der Waals surface area contributed by atoms with Gasteiger partial charge >= 0.3 is 18.0 Å². The van der Waals surface area contributed by atoms with E-state index in [9.17, 15) is 42.6 Å². The van der Waals surface area contributed by atoms with Gasteiger partial charge in [-0.05, 0) is 34.6 Å². The molecule has 1 aliphatic carbocycles. The first kappa shape index (κ1) is 36.0. The summed E-state index contributed by atoms with van der Waals surface area (Å²) >= 11 is 0. The van der Waals surface area contributed by atoms with Crippen LogP contribution in [0.25, 0.3) is 11.1 Å². The molecule has 0 bridgehead atoms. The van der Waals surface area contributed by atoms with Gasteiger partial charge in [-0.15, -0.1) is 0 Å². The van der Waals surface area contributed by atoms with E-state index in [1.807, 2.05) is 48.5 Å². The first-order chi connectivity index (χ1) is 21.7. The molecule has 0 spiro atoms. The van der Waals surface area contributed by atoms with Crippen LogP contribution in [0.5, 0.6) is 0 Å². The Balaban J connectivity index is 1.73. The van der Waals surface area contributed by atoms with Crippen LogP contribution in [0.4, 0.5) is 4.79 Å². The monoisotopic (exact) mass is 656 g/mol. The molecule has 46 heavy (non-hydrogen) atoms. The molecular weight excluding hydrogens is 616 g/mol. The number of Topliss-reactive ketones (excluding diaryl/α,β-unsaturated/α-hetero) is 1. The van der Waals surface area contributed by atoms with Crippen molar-refractivity contribution in [1.29, 1.82) is 0 Å². The third-order valence-electron chi connectivity index (χ3n) is 8.04. The van der Waals surface area contributed by atoms with Crippen LogP contribution >= 0.6 is 0 Å². The molecule has 0 saturated carbocycles. The highest BCUT2D eigenvalue weighted by Gasteiger charge is 2.33. The van der Waals surface area contributed by atoms with E-state index < -0.39 is 70.4 Å². The lowest BCUT2D eigenvalue weighted by atomic mass is 9.84. The van der Waals surface area contributed by atoms with Crippen molar-refractivity contribution in [3.63, 3.8) is 0 Å².